The van der Waals surface area contributed by atoms with E-state index in [2.05, 4.69) is 20.9 Å². The molecule has 2 aromatic heterocycles. The smallest absolute Gasteiger partial charge is 0.279 e. The van der Waals surface area contributed by atoms with E-state index in [0.29, 0.717) is 21.1 Å². The summed E-state index contributed by atoms with van der Waals surface area (Å²) in [5.41, 5.74) is 2.22. The van der Waals surface area contributed by atoms with Crippen molar-refractivity contribution in [3.05, 3.63) is 78.6 Å². The molecule has 4 rings (SSSR count). The Morgan fingerprint density at radius 1 is 1.14 bits per heavy atom. The van der Waals surface area contributed by atoms with Gasteiger partial charge >= 0.3 is 0 Å². The van der Waals surface area contributed by atoms with E-state index >= 15 is 0 Å². The summed E-state index contributed by atoms with van der Waals surface area (Å²) in [7, 11) is 1.60. The monoisotopic (exact) mass is 494 g/mol. The summed E-state index contributed by atoms with van der Waals surface area (Å²) in [5.74, 6) is -0.255. The second-order valence-corrected chi connectivity index (χ2v) is 8.72. The summed E-state index contributed by atoms with van der Waals surface area (Å²) in [6, 6.07) is 8.50. The van der Waals surface area contributed by atoms with Crippen molar-refractivity contribution in [2.45, 2.75) is 25.9 Å². The molecule has 3 heterocycles. The number of carbonyl (C=O) groups is 1. The number of hydrogen-bond donors (Lipinski definition) is 0. The molecular formula is C20H17BrCl2N4O2. The van der Waals surface area contributed by atoms with Gasteiger partial charge in [-0.1, -0.05) is 35.3 Å². The number of aryl methyl sites for hydroxylation is 1. The quantitative estimate of drug-likeness (QED) is 0.514. The van der Waals surface area contributed by atoms with Gasteiger partial charge in [0.15, 0.2) is 10.4 Å². The van der Waals surface area contributed by atoms with Crippen LogP contribution in [0.2, 0.25) is 10.0 Å². The Morgan fingerprint density at radius 2 is 1.79 bits per heavy atom. The number of halogens is 3. The van der Waals surface area contributed by atoms with Crippen LogP contribution < -0.4 is 10.5 Å². The average molecular weight is 496 g/mol. The van der Waals surface area contributed by atoms with Gasteiger partial charge in [-0.05, 0) is 53.5 Å². The van der Waals surface area contributed by atoms with Crippen LogP contribution in [0.5, 0.6) is 0 Å². The molecule has 29 heavy (non-hydrogen) atoms. The number of carbonyl (C=O) groups excluding carboxylic acids is 1. The van der Waals surface area contributed by atoms with E-state index in [-0.39, 0.29) is 22.5 Å². The van der Waals surface area contributed by atoms with Crippen LogP contribution in [-0.2, 0) is 7.05 Å². The molecule has 9 heteroatoms. The molecule has 1 amide bonds. The van der Waals surface area contributed by atoms with E-state index in [9.17, 15) is 9.59 Å². The first kappa shape index (κ1) is 20.2. The van der Waals surface area contributed by atoms with E-state index in [4.69, 9.17) is 23.2 Å². The molecule has 1 aromatic carbocycles. The molecule has 0 N–H and O–H groups in total. The zero-order valence-corrected chi connectivity index (χ0v) is 19.0. The molecule has 1 aliphatic rings. The number of rotatable bonds is 3. The zero-order chi connectivity index (χ0) is 21.0. The number of nitrogens with zero attached hydrogens (tertiary/aromatic N) is 4. The summed E-state index contributed by atoms with van der Waals surface area (Å²) in [6.07, 6.45) is 1.61. The molecule has 1 unspecified atom stereocenters. The van der Waals surface area contributed by atoms with Gasteiger partial charge in [0.25, 0.3) is 11.5 Å². The maximum absolute atomic E-state index is 13.4. The zero-order valence-electron chi connectivity index (χ0n) is 15.9. The fourth-order valence-electron chi connectivity index (χ4n) is 3.68. The first-order valence-electron chi connectivity index (χ1n) is 8.93. The molecule has 0 spiro atoms. The Hall–Kier alpha value is -2.09. The molecule has 150 valence electrons. The van der Waals surface area contributed by atoms with Gasteiger partial charge in [-0.2, -0.15) is 0 Å². The van der Waals surface area contributed by atoms with Crippen molar-refractivity contribution in [3.8, 4) is 0 Å². The molecule has 1 aliphatic heterocycles. The Kier molecular flexibility index (Phi) is 5.09. The van der Waals surface area contributed by atoms with E-state index in [1.54, 1.807) is 30.3 Å². The number of benzene rings is 1. The maximum atomic E-state index is 13.4. The van der Waals surface area contributed by atoms with Gasteiger partial charge in [0, 0.05) is 24.3 Å². The third-order valence-electron chi connectivity index (χ3n) is 4.95. The number of hydrogen-bond acceptors (Lipinski definition) is 3. The summed E-state index contributed by atoms with van der Waals surface area (Å²) < 4.78 is 3.96. The van der Waals surface area contributed by atoms with Crippen LogP contribution in [0.4, 0.5) is 5.69 Å². The molecule has 6 nitrogen and oxygen atoms in total. The number of amides is 1. The molecule has 0 radical (unpaired) electrons. The van der Waals surface area contributed by atoms with Crippen LogP contribution in [0.15, 0.2) is 46.1 Å². The van der Waals surface area contributed by atoms with Crippen molar-refractivity contribution in [1.29, 1.82) is 0 Å². The number of fused-ring (bicyclic) bond motifs is 1. The standard InChI is InChI=1S/C20H17BrCl2N4O2/c1-10(2)26-17-15(24-20(26)21)19(29)27(13-8-14(23)18(28)25(3)9-13)16(17)11-4-6-12(22)7-5-11/h4-10,16H,1-3H3. The van der Waals surface area contributed by atoms with Crippen molar-refractivity contribution in [2.75, 3.05) is 4.90 Å². The minimum absolute atomic E-state index is 0.0464. The van der Waals surface area contributed by atoms with Crippen molar-refractivity contribution in [3.63, 3.8) is 0 Å². The molecule has 1 atom stereocenters. The Morgan fingerprint density at radius 3 is 2.38 bits per heavy atom. The molecule has 0 saturated heterocycles. The Bertz CT molecular complexity index is 1160. The number of imidazole rings is 1. The van der Waals surface area contributed by atoms with Crippen molar-refractivity contribution in [2.24, 2.45) is 7.05 Å². The van der Waals surface area contributed by atoms with E-state index < -0.39 is 6.04 Å². The van der Waals surface area contributed by atoms with Gasteiger partial charge in [0.1, 0.15) is 11.1 Å². The Labute approximate surface area is 185 Å². The van der Waals surface area contributed by atoms with Gasteiger partial charge in [-0.3, -0.25) is 14.5 Å². The third-order valence-corrected chi connectivity index (χ3v) is 6.03. The predicted molar refractivity (Wildman–Crippen MR) is 117 cm³/mol. The first-order valence-corrected chi connectivity index (χ1v) is 10.5. The molecule has 0 fully saturated rings. The number of anilines is 1. The van der Waals surface area contributed by atoms with Gasteiger partial charge in [0.05, 0.1) is 11.4 Å². The van der Waals surface area contributed by atoms with Crippen molar-refractivity contribution < 1.29 is 4.79 Å². The van der Waals surface area contributed by atoms with Crippen LogP contribution in [0.25, 0.3) is 0 Å². The SMILES string of the molecule is CC(C)n1c(Br)nc2c1C(c1ccc(Cl)cc1)N(c1cc(Cl)c(=O)n(C)c1)C2=O. The van der Waals surface area contributed by atoms with Crippen molar-refractivity contribution in [1.82, 2.24) is 14.1 Å². The first-order chi connectivity index (χ1) is 13.7. The van der Waals surface area contributed by atoms with Gasteiger partial charge in [-0.15, -0.1) is 0 Å². The minimum atomic E-state index is -0.440. The highest BCUT2D eigenvalue weighted by Gasteiger charge is 2.44. The highest BCUT2D eigenvalue weighted by atomic mass is 79.9. The average Bonchev–Trinajstić information content (AvgIpc) is 3.13. The lowest BCUT2D eigenvalue weighted by Crippen LogP contribution is -2.31. The third kappa shape index (κ3) is 3.21. The number of aromatic nitrogens is 3. The van der Waals surface area contributed by atoms with Gasteiger partial charge in [0.2, 0.25) is 0 Å². The van der Waals surface area contributed by atoms with Crippen molar-refractivity contribution >= 4 is 50.7 Å². The van der Waals surface area contributed by atoms with Crippen LogP contribution in [0.1, 0.15) is 47.7 Å². The minimum Gasteiger partial charge on any atom is -0.317 e. The van der Waals surface area contributed by atoms with Crippen LogP contribution in [0.3, 0.4) is 0 Å². The molecule has 0 aliphatic carbocycles. The molecule has 3 aromatic rings. The fraction of sp³-hybridized carbons (Fsp3) is 0.250. The maximum Gasteiger partial charge on any atom is 0.279 e. The molecule has 0 saturated carbocycles. The van der Waals surface area contributed by atoms with Crippen LogP contribution >= 0.6 is 39.1 Å². The molecule has 0 bridgehead atoms. The largest absolute Gasteiger partial charge is 0.317 e. The summed E-state index contributed by atoms with van der Waals surface area (Å²) in [6.45, 7) is 4.06. The summed E-state index contributed by atoms with van der Waals surface area (Å²) in [5, 5.41) is 0.652. The second-order valence-electron chi connectivity index (χ2n) is 7.17. The van der Waals surface area contributed by atoms with Crippen LogP contribution in [0, 0.1) is 0 Å². The summed E-state index contributed by atoms with van der Waals surface area (Å²) in [4.78, 5) is 31.6. The molecular weight excluding hydrogens is 479 g/mol. The number of pyridine rings is 1. The van der Waals surface area contributed by atoms with E-state index in [0.717, 1.165) is 11.3 Å². The normalized spacial score (nSPS) is 16.0. The van der Waals surface area contributed by atoms with Gasteiger partial charge < -0.3 is 9.13 Å². The lowest BCUT2D eigenvalue weighted by Gasteiger charge is -2.28. The highest BCUT2D eigenvalue weighted by Crippen LogP contribution is 2.44. The van der Waals surface area contributed by atoms with Crippen LogP contribution in [-0.4, -0.2) is 20.0 Å². The summed E-state index contributed by atoms with van der Waals surface area (Å²) >= 11 is 15.7. The topological polar surface area (TPSA) is 60.1 Å². The predicted octanol–water partition coefficient (Wildman–Crippen LogP) is 4.98. The second kappa shape index (κ2) is 7.31. The fourth-order valence-corrected chi connectivity index (χ4v) is 4.83. The van der Waals surface area contributed by atoms with E-state index in [1.165, 1.54) is 10.6 Å². The lowest BCUT2D eigenvalue weighted by molar-refractivity contribution is 0.0989. The van der Waals surface area contributed by atoms with E-state index in [1.807, 2.05) is 30.5 Å². The lowest BCUT2D eigenvalue weighted by atomic mass is 10.0. The highest BCUT2D eigenvalue weighted by molar-refractivity contribution is 9.10. The van der Waals surface area contributed by atoms with Gasteiger partial charge in [-0.25, -0.2) is 4.98 Å². The Balaban J connectivity index is 1.99.